The van der Waals surface area contributed by atoms with Gasteiger partial charge in [0.15, 0.2) is 0 Å². The highest BCUT2D eigenvalue weighted by Crippen LogP contribution is 2.30. The van der Waals surface area contributed by atoms with Crippen molar-refractivity contribution >= 4 is 41.7 Å². The number of ketones is 1. The van der Waals surface area contributed by atoms with Crippen LogP contribution in [0.2, 0.25) is 0 Å². The molecule has 1 aliphatic heterocycles. The molecular weight excluding hydrogens is 1060 g/mol. The predicted octanol–water partition coefficient (Wildman–Crippen LogP) is 19.6. The fourth-order valence-electron chi connectivity index (χ4n) is 8.86. The molecule has 3 unspecified atom stereocenters. The van der Waals surface area contributed by atoms with E-state index in [1.165, 1.54) is 103 Å². The van der Waals surface area contributed by atoms with Crippen LogP contribution >= 0.6 is 0 Å². The number of Topliss-reactive ketones (excluding diaryl/α,β-unsaturated/α-hetero) is 1. The number of carbonyl (C=O) groups is 7. The number of ether oxygens (including phenoxy) is 6. The first-order chi connectivity index (χ1) is 40.7. The monoisotopic (exact) mass is 1200 g/mol. The number of carbonyl (C=O) groups excluding carboxylic acids is 7. The number of nitrogens with zero attached hydrogens (tertiary/aromatic N) is 1. The molecule has 3 atom stereocenters. The molecule has 500 valence electrons. The lowest BCUT2D eigenvalue weighted by Gasteiger charge is -2.47. The molecule has 1 fully saturated rings. The maximum Gasteiger partial charge on any atom is 0.410 e. The van der Waals surface area contributed by atoms with Gasteiger partial charge in [-0.15, -0.1) is 0 Å². The Kier molecular flexibility index (Phi) is 74.3. The number of esters is 5. The maximum atomic E-state index is 12.8. The smallest absolute Gasteiger partial charge is 0.410 e. The second kappa shape index (κ2) is 70.1. The number of likely N-dealkylation sites (tertiary alicyclic amines) is 1. The van der Waals surface area contributed by atoms with E-state index < -0.39 is 23.8 Å². The summed E-state index contributed by atoms with van der Waals surface area (Å²) in [6, 6.07) is -0.153. The Morgan fingerprint density at radius 3 is 0.929 bits per heavy atom. The number of amides is 1. The molecule has 0 bridgehead atoms. The van der Waals surface area contributed by atoms with Crippen molar-refractivity contribution in [2.45, 2.75) is 354 Å². The molecule has 0 aromatic rings. The Bertz CT molecular complexity index is 1420. The lowest BCUT2D eigenvalue weighted by molar-refractivity contribution is -0.153. The van der Waals surface area contributed by atoms with E-state index in [0.29, 0.717) is 33.0 Å². The summed E-state index contributed by atoms with van der Waals surface area (Å²) in [5.74, 6) is -2.84. The number of hydrogen-bond acceptors (Lipinski definition) is 13. The van der Waals surface area contributed by atoms with E-state index in [4.69, 9.17) is 28.4 Å². The molecule has 1 aliphatic rings. The van der Waals surface area contributed by atoms with Crippen LogP contribution < -0.4 is 0 Å². The van der Waals surface area contributed by atoms with Gasteiger partial charge in [0, 0.05) is 50.5 Å². The van der Waals surface area contributed by atoms with Crippen LogP contribution in [0.15, 0.2) is 0 Å². The average Bonchev–Trinajstić information content (AvgIpc) is 2.64. The first-order valence-corrected chi connectivity index (χ1v) is 35.0. The molecular formula is C70H137NO13. The van der Waals surface area contributed by atoms with Gasteiger partial charge in [-0.25, -0.2) is 4.79 Å². The van der Waals surface area contributed by atoms with Gasteiger partial charge in [0.2, 0.25) is 0 Å². The van der Waals surface area contributed by atoms with Crippen molar-refractivity contribution in [3.8, 4) is 0 Å². The molecule has 0 aromatic carbocycles. The molecule has 1 heterocycles. The molecule has 0 spiro atoms. The molecule has 0 N–H and O–H groups in total. The quantitative estimate of drug-likeness (QED) is 0.0320. The van der Waals surface area contributed by atoms with Crippen LogP contribution in [0.3, 0.4) is 0 Å². The summed E-state index contributed by atoms with van der Waals surface area (Å²) in [5, 5.41) is 0. The highest BCUT2D eigenvalue weighted by Gasteiger charge is 2.42. The lowest BCUT2D eigenvalue weighted by Crippen LogP contribution is -2.60. The van der Waals surface area contributed by atoms with Crippen molar-refractivity contribution in [1.29, 1.82) is 0 Å². The molecule has 1 rings (SSSR count). The first kappa shape index (κ1) is 89.0. The maximum absolute atomic E-state index is 12.8. The van der Waals surface area contributed by atoms with Crippen LogP contribution in [0.25, 0.3) is 0 Å². The highest BCUT2D eigenvalue weighted by atomic mass is 16.6. The molecule has 1 saturated heterocycles. The summed E-state index contributed by atoms with van der Waals surface area (Å²) in [6.45, 7) is 34.8. The Hall–Kier alpha value is -3.71. The fourth-order valence-corrected chi connectivity index (χ4v) is 8.86. The van der Waals surface area contributed by atoms with E-state index in [1.807, 2.05) is 69.2 Å². The van der Waals surface area contributed by atoms with Gasteiger partial charge in [0.25, 0.3) is 0 Å². The van der Waals surface area contributed by atoms with Crippen LogP contribution in [-0.4, -0.2) is 98.3 Å². The van der Waals surface area contributed by atoms with Gasteiger partial charge in [0.05, 0.1) is 39.1 Å². The van der Waals surface area contributed by atoms with E-state index in [1.54, 1.807) is 4.90 Å². The fraction of sp³-hybridized carbons (Fsp3) is 0.900. The Labute approximate surface area is 518 Å². The van der Waals surface area contributed by atoms with Crippen molar-refractivity contribution in [1.82, 2.24) is 4.90 Å². The topological polar surface area (TPSA) is 178 Å². The summed E-state index contributed by atoms with van der Waals surface area (Å²) in [5.41, 5.74) is 0. The van der Waals surface area contributed by atoms with Gasteiger partial charge in [-0.05, 0) is 63.2 Å². The van der Waals surface area contributed by atoms with E-state index in [2.05, 4.69) is 41.5 Å². The minimum absolute atomic E-state index is 0.0478. The van der Waals surface area contributed by atoms with Crippen LogP contribution in [0.1, 0.15) is 342 Å². The number of unbranched alkanes of at least 4 members (excludes halogenated alkanes) is 21. The van der Waals surface area contributed by atoms with Crippen LogP contribution in [0.4, 0.5) is 4.79 Å². The summed E-state index contributed by atoms with van der Waals surface area (Å²) < 4.78 is 32.4. The summed E-state index contributed by atoms with van der Waals surface area (Å²) in [4.78, 5) is 89.0. The summed E-state index contributed by atoms with van der Waals surface area (Å²) in [6.07, 6.45) is 32.2. The average molecular weight is 1200 g/mol. The summed E-state index contributed by atoms with van der Waals surface area (Å²) >= 11 is 0. The molecule has 0 aliphatic carbocycles. The van der Waals surface area contributed by atoms with Crippen LogP contribution in [0.5, 0.6) is 0 Å². The third-order valence-electron chi connectivity index (χ3n) is 14.4. The third kappa shape index (κ3) is 57.4. The molecule has 14 heteroatoms. The minimum atomic E-state index is -0.568. The number of rotatable bonds is 48. The van der Waals surface area contributed by atoms with Gasteiger partial charge in [-0.2, -0.15) is 0 Å². The van der Waals surface area contributed by atoms with Gasteiger partial charge < -0.3 is 28.4 Å². The zero-order valence-electron chi connectivity index (χ0n) is 57.8. The largest absolute Gasteiger partial charge is 0.466 e. The SMILES string of the molecule is CC.CC.CC.CCCC.CCCCCCCCOC(=O)CC(CC(=O)OCCCCCCCC)CC(=O)C(C)CC.CCCCCCCCOC(=O)CC(CC(=O)OCCCCCCCC)CC(=O)OCC1CC(CC)N1C(=O)OCCC. The number of hydrogen-bond donors (Lipinski definition) is 0. The first-order valence-electron chi connectivity index (χ1n) is 35.0. The zero-order chi connectivity index (χ0) is 64.4. The van der Waals surface area contributed by atoms with Crippen molar-refractivity contribution in [3.05, 3.63) is 0 Å². The Morgan fingerprint density at radius 2 is 0.643 bits per heavy atom. The Balaban J connectivity index is -0.000000440. The van der Waals surface area contributed by atoms with E-state index >= 15 is 0 Å². The minimum Gasteiger partial charge on any atom is -0.466 e. The van der Waals surface area contributed by atoms with Crippen molar-refractivity contribution in [2.75, 3.05) is 39.6 Å². The van der Waals surface area contributed by atoms with Gasteiger partial charge in [-0.3, -0.25) is 33.7 Å². The van der Waals surface area contributed by atoms with Crippen molar-refractivity contribution in [2.24, 2.45) is 17.8 Å². The van der Waals surface area contributed by atoms with E-state index in [0.717, 1.165) is 89.9 Å². The molecule has 14 nitrogen and oxygen atoms in total. The predicted molar refractivity (Wildman–Crippen MR) is 348 cm³/mol. The normalized spacial score (nSPS) is 13.2. The molecule has 84 heavy (non-hydrogen) atoms. The molecule has 0 saturated carbocycles. The van der Waals surface area contributed by atoms with E-state index in [9.17, 15) is 33.6 Å². The van der Waals surface area contributed by atoms with Crippen LogP contribution in [-0.2, 0) is 57.2 Å². The second-order valence-electron chi connectivity index (χ2n) is 21.8. The highest BCUT2D eigenvalue weighted by molar-refractivity contribution is 5.82. The van der Waals surface area contributed by atoms with Crippen molar-refractivity contribution < 1.29 is 62.0 Å². The lowest BCUT2D eigenvalue weighted by atomic mass is 9.90. The molecule has 0 radical (unpaired) electrons. The second-order valence-corrected chi connectivity index (χ2v) is 21.8. The zero-order valence-corrected chi connectivity index (χ0v) is 57.8. The van der Waals surface area contributed by atoms with Gasteiger partial charge >= 0.3 is 35.9 Å². The molecule has 1 amide bonds. The van der Waals surface area contributed by atoms with Gasteiger partial charge in [0.1, 0.15) is 12.4 Å². The molecule has 0 aromatic heterocycles. The third-order valence-corrected chi connectivity index (χ3v) is 14.4. The summed E-state index contributed by atoms with van der Waals surface area (Å²) in [7, 11) is 0. The Morgan fingerprint density at radius 1 is 0.345 bits per heavy atom. The van der Waals surface area contributed by atoms with Crippen LogP contribution in [0, 0.1) is 17.8 Å². The standard InChI is InChI=1S/C33H59NO8.C27H50O5.C4H10.3C2H6/c1-5-9-11-13-15-17-20-39-30(35)22-27(23-31(36)40-21-18-16-14-12-10-6-2)24-32(37)42-26-29-25-28(8-4)34(29)33(38)41-19-7-3;1-5-8-10-12-14-16-18-31-26(29)21-24(20-25(28)23(4)7-3)22-27(30)32-19-17-15-13-11-9-6-2;1-3-4-2;3*1-2/h27-29H,5-26H2,1-4H3;23-24H,5-22H2,1-4H3;3-4H2,1-2H3;3*1-2H3. The van der Waals surface area contributed by atoms with Gasteiger partial charge in [-0.1, -0.05) is 252 Å². The van der Waals surface area contributed by atoms with Crippen molar-refractivity contribution in [3.63, 3.8) is 0 Å². The van der Waals surface area contributed by atoms with E-state index in [-0.39, 0.29) is 92.9 Å².